The summed E-state index contributed by atoms with van der Waals surface area (Å²) in [6.07, 6.45) is 6.68. The van der Waals surface area contributed by atoms with Crippen LogP contribution in [0.5, 0.6) is 0 Å². The summed E-state index contributed by atoms with van der Waals surface area (Å²) in [6.45, 7) is 22.6. The van der Waals surface area contributed by atoms with Crippen LogP contribution in [0.25, 0.3) is 0 Å². The topological polar surface area (TPSA) is 170 Å². The van der Waals surface area contributed by atoms with Crippen LogP contribution in [0.4, 0.5) is 0 Å². The number of methoxy groups -OCH3 is 2. The van der Waals surface area contributed by atoms with Crippen LogP contribution in [0.2, 0.25) is 0 Å². The second-order valence-electron chi connectivity index (χ2n) is 22.1. The first-order valence-electron chi connectivity index (χ1n) is 27.7. The van der Waals surface area contributed by atoms with Gasteiger partial charge in [0.2, 0.25) is 17.7 Å². The number of hydrogen-bond acceptors (Lipinski definition) is 11. The second-order valence-corrected chi connectivity index (χ2v) is 22.1. The van der Waals surface area contributed by atoms with E-state index in [1.165, 1.54) is 0 Å². The largest absolute Gasteiger partial charge is 0.379 e. The molecule has 72 heavy (non-hydrogen) atoms. The van der Waals surface area contributed by atoms with Crippen LogP contribution in [0.3, 0.4) is 0 Å². The summed E-state index contributed by atoms with van der Waals surface area (Å²) in [7, 11) is 4.94. The highest BCUT2D eigenvalue weighted by molar-refractivity contribution is 5.89. The normalized spacial score (nSPS) is 18.5. The Labute approximate surface area is 434 Å². The number of likely N-dealkylation sites (N-methyl/N-ethyl adjacent to an activating group) is 1. The van der Waals surface area contributed by atoms with Gasteiger partial charge in [-0.2, -0.15) is 0 Å². The van der Waals surface area contributed by atoms with Crippen LogP contribution in [0.1, 0.15) is 145 Å². The van der Waals surface area contributed by atoms with E-state index in [1.54, 1.807) is 26.2 Å². The Morgan fingerprint density at radius 3 is 2.03 bits per heavy atom. The average Bonchev–Trinajstić information content (AvgIpc) is 3.84. The molecule has 2 N–H and O–H groups in total. The number of piperidine rings is 1. The molecule has 0 aliphatic carbocycles. The molecular weight excluding hydrogens is 913 g/mol. The Balaban J connectivity index is 1.60. The lowest BCUT2D eigenvalue weighted by atomic mass is 9.77. The van der Waals surface area contributed by atoms with E-state index in [2.05, 4.69) is 52.2 Å². The van der Waals surface area contributed by atoms with E-state index in [4.69, 9.17) is 18.9 Å². The zero-order valence-electron chi connectivity index (χ0n) is 46.7. The summed E-state index contributed by atoms with van der Waals surface area (Å²) in [5, 5.41) is 6.35. The average molecular weight is 1010 g/mol. The third-order valence-corrected chi connectivity index (χ3v) is 15.8. The maximum Gasteiger partial charge on any atom is 0.226 e. The smallest absolute Gasteiger partial charge is 0.226 e. The summed E-state index contributed by atoms with van der Waals surface area (Å²) >= 11 is 0. The molecule has 2 aliphatic rings. The number of ketones is 3. The van der Waals surface area contributed by atoms with Gasteiger partial charge in [0.05, 0.1) is 50.5 Å². The summed E-state index contributed by atoms with van der Waals surface area (Å²) in [6, 6.07) is 8.87. The molecule has 14 heteroatoms. The van der Waals surface area contributed by atoms with Crippen LogP contribution in [0.15, 0.2) is 30.3 Å². The van der Waals surface area contributed by atoms with Gasteiger partial charge in [-0.25, -0.2) is 0 Å². The highest BCUT2D eigenvalue weighted by Crippen LogP contribution is 2.33. The minimum Gasteiger partial charge on any atom is -0.379 e. The van der Waals surface area contributed by atoms with Crippen molar-refractivity contribution in [2.24, 2.45) is 53.3 Å². The van der Waals surface area contributed by atoms with Gasteiger partial charge in [-0.1, -0.05) is 99.1 Å². The number of amides is 3. The number of likely N-dealkylation sites (tertiary alicyclic amines) is 1. The van der Waals surface area contributed by atoms with E-state index in [0.717, 1.165) is 50.8 Å². The van der Waals surface area contributed by atoms with Gasteiger partial charge in [0.25, 0.3) is 0 Å². The number of rotatable bonds is 36. The van der Waals surface area contributed by atoms with Crippen molar-refractivity contribution in [3.63, 3.8) is 0 Å². The molecule has 0 aromatic heterocycles. The van der Waals surface area contributed by atoms with Crippen molar-refractivity contribution in [3.8, 4) is 0 Å². The van der Waals surface area contributed by atoms with Gasteiger partial charge in [0.15, 0.2) is 0 Å². The molecule has 0 radical (unpaired) electrons. The monoisotopic (exact) mass is 1010 g/mol. The van der Waals surface area contributed by atoms with E-state index in [-0.39, 0.29) is 97.3 Å². The zero-order valence-corrected chi connectivity index (χ0v) is 46.7. The number of nitrogens with zero attached hydrogens (tertiary/aromatic N) is 2. The molecule has 1 aromatic carbocycles. The highest BCUT2D eigenvalue weighted by atomic mass is 16.5. The molecule has 2 heterocycles. The lowest BCUT2D eigenvalue weighted by Crippen LogP contribution is -2.54. The van der Waals surface area contributed by atoms with Gasteiger partial charge in [0, 0.05) is 90.3 Å². The Hall–Kier alpha value is -3.56. The summed E-state index contributed by atoms with van der Waals surface area (Å²) < 4.78 is 23.6. The fourth-order valence-corrected chi connectivity index (χ4v) is 11.4. The number of carbonyl (C=O) groups excluding carboxylic acids is 6. The molecule has 2 aliphatic heterocycles. The van der Waals surface area contributed by atoms with Gasteiger partial charge < -0.3 is 39.4 Å². The standard InChI is InChI=1S/C58H98N4O10/c1-13-42(8)55(61(10)58(68)48(39(2)3)37-51(65)54(40(4)5)41(6)7)52(69-11)38-53(66)62-30-17-22-49(62)56(70-12)43(9)50(64)36-46(35-45-19-15-14-16-20-45)57(67)60-29-32-72-34-33-71-31-18-21-47(63)24-23-44-25-27-59-28-26-44/h14-16,19-20,39-44,46,48-49,52,54-56,59H,13,17-18,21-38H2,1-12H3,(H,60,67)/t42-,43-,46+,48-,49-,52+,55-,56+/m0/s1. The number of benzene rings is 1. The molecule has 3 amide bonds. The summed E-state index contributed by atoms with van der Waals surface area (Å²) in [5.41, 5.74) is 0.945. The van der Waals surface area contributed by atoms with Crippen molar-refractivity contribution in [1.29, 1.82) is 0 Å². The molecule has 3 rings (SSSR count). The zero-order chi connectivity index (χ0) is 53.3. The van der Waals surface area contributed by atoms with E-state index >= 15 is 0 Å². The third kappa shape index (κ3) is 20.3. The van der Waals surface area contributed by atoms with Gasteiger partial charge >= 0.3 is 0 Å². The van der Waals surface area contributed by atoms with Crippen LogP contribution in [-0.4, -0.2) is 143 Å². The lowest BCUT2D eigenvalue weighted by Gasteiger charge is -2.41. The highest BCUT2D eigenvalue weighted by Gasteiger charge is 2.43. The first kappa shape index (κ1) is 62.7. The molecule has 0 bridgehead atoms. The summed E-state index contributed by atoms with van der Waals surface area (Å²) in [5.74, 6) is -1.15. The maximum atomic E-state index is 14.5. The minimum absolute atomic E-state index is 0.00105. The minimum atomic E-state index is -0.633. The molecule has 8 atom stereocenters. The van der Waals surface area contributed by atoms with E-state index in [1.807, 2.05) is 56.0 Å². The van der Waals surface area contributed by atoms with Crippen LogP contribution >= 0.6 is 0 Å². The molecule has 14 nitrogen and oxygen atoms in total. The lowest BCUT2D eigenvalue weighted by molar-refractivity contribution is -0.149. The first-order chi connectivity index (χ1) is 34.4. The van der Waals surface area contributed by atoms with Crippen molar-refractivity contribution < 1.29 is 47.7 Å². The fourth-order valence-electron chi connectivity index (χ4n) is 11.4. The van der Waals surface area contributed by atoms with Crippen molar-refractivity contribution >= 4 is 35.1 Å². The summed E-state index contributed by atoms with van der Waals surface area (Å²) in [4.78, 5) is 86.6. The van der Waals surface area contributed by atoms with Crippen molar-refractivity contribution in [1.82, 2.24) is 20.4 Å². The first-order valence-corrected chi connectivity index (χ1v) is 27.7. The molecule has 0 saturated carbocycles. The molecule has 410 valence electrons. The number of carbonyl (C=O) groups is 6. The quantitative estimate of drug-likeness (QED) is 0.0622. The van der Waals surface area contributed by atoms with Crippen molar-refractivity contribution in [3.05, 3.63) is 35.9 Å². The predicted molar refractivity (Wildman–Crippen MR) is 284 cm³/mol. The van der Waals surface area contributed by atoms with Gasteiger partial charge in [-0.15, -0.1) is 0 Å². The molecule has 2 fully saturated rings. The number of hydrogen-bond donors (Lipinski definition) is 2. The van der Waals surface area contributed by atoms with Crippen molar-refractivity contribution in [2.45, 2.75) is 170 Å². The Morgan fingerprint density at radius 1 is 0.778 bits per heavy atom. The second kappa shape index (κ2) is 33.4. The molecule has 0 unspecified atom stereocenters. The van der Waals surface area contributed by atoms with E-state index in [0.29, 0.717) is 70.2 Å². The predicted octanol–water partition coefficient (Wildman–Crippen LogP) is 8.16. The SMILES string of the molecule is CC[C@H](C)[C@@H]([C@@H](CC(=O)N1CCC[C@H]1[C@H](OC)[C@@H](C)C(=O)C[C@@H](Cc1ccccc1)C(=O)NCCOCCOCCCC(=O)CCC1CCNCC1)OC)N(C)C(=O)[C@@H](CC(=O)C(C(C)C)C(C)C)C(C)C. The molecule has 0 spiro atoms. The van der Waals surface area contributed by atoms with Crippen molar-refractivity contribution in [2.75, 3.05) is 73.9 Å². The van der Waals surface area contributed by atoms with Gasteiger partial charge in [-0.05, 0) is 93.2 Å². The van der Waals surface area contributed by atoms with Crippen LogP contribution in [0, 0.1) is 53.3 Å². The molecular formula is C58H98N4O10. The van der Waals surface area contributed by atoms with E-state index < -0.39 is 36.0 Å². The number of ether oxygens (including phenoxy) is 4. The number of Topliss-reactive ketones (excluding diaryl/α,β-unsaturated/α-hetero) is 3. The Morgan fingerprint density at radius 2 is 1.43 bits per heavy atom. The third-order valence-electron chi connectivity index (χ3n) is 15.8. The maximum absolute atomic E-state index is 14.5. The Bertz CT molecular complexity index is 1760. The van der Waals surface area contributed by atoms with E-state index in [9.17, 15) is 28.8 Å². The molecule has 2 saturated heterocycles. The molecule has 1 aromatic rings. The van der Waals surface area contributed by atoms with Gasteiger partial charge in [-0.3, -0.25) is 28.8 Å². The number of nitrogens with one attached hydrogen (secondary N) is 2. The fraction of sp³-hybridized carbons (Fsp3) is 0.793. The van der Waals surface area contributed by atoms with Crippen LogP contribution < -0.4 is 10.6 Å². The van der Waals surface area contributed by atoms with Crippen LogP contribution in [-0.2, 0) is 54.1 Å². The Kier molecular flexibility index (Phi) is 29.1. The van der Waals surface area contributed by atoms with Gasteiger partial charge in [0.1, 0.15) is 17.3 Å².